The van der Waals surface area contributed by atoms with Crippen LogP contribution in [-0.4, -0.2) is 57.9 Å². The Kier molecular flexibility index (Phi) is 6.97. The summed E-state index contributed by atoms with van der Waals surface area (Å²) in [5, 5.41) is 18.1. The summed E-state index contributed by atoms with van der Waals surface area (Å²) in [7, 11) is 1.33. The van der Waals surface area contributed by atoms with Crippen LogP contribution in [0.25, 0.3) is 16.6 Å². The van der Waals surface area contributed by atoms with Gasteiger partial charge in [0, 0.05) is 30.1 Å². The van der Waals surface area contributed by atoms with Gasteiger partial charge < -0.3 is 25.6 Å². The van der Waals surface area contributed by atoms with Gasteiger partial charge in [0.1, 0.15) is 17.3 Å². The number of phenolic OH excluding ortho intramolecular Hbond substituents is 1. The summed E-state index contributed by atoms with van der Waals surface area (Å²) >= 11 is 0. The highest BCUT2D eigenvalue weighted by Crippen LogP contribution is 2.32. The monoisotopic (exact) mass is 514 g/mol. The number of aromatic hydroxyl groups is 1. The van der Waals surface area contributed by atoms with Gasteiger partial charge >= 0.3 is 5.97 Å². The summed E-state index contributed by atoms with van der Waals surface area (Å²) < 4.78 is 12.2. The van der Waals surface area contributed by atoms with Gasteiger partial charge in [0.2, 0.25) is 0 Å². The number of anilines is 1. The molecule has 38 heavy (non-hydrogen) atoms. The van der Waals surface area contributed by atoms with Crippen molar-refractivity contribution < 1.29 is 19.4 Å². The fourth-order valence-corrected chi connectivity index (χ4v) is 4.63. The van der Waals surface area contributed by atoms with E-state index in [1.165, 1.54) is 7.11 Å². The molecule has 4 aromatic rings. The lowest BCUT2D eigenvalue weighted by Crippen LogP contribution is -2.24. The van der Waals surface area contributed by atoms with E-state index in [4.69, 9.17) is 20.2 Å². The molecule has 196 valence electrons. The molecule has 4 heterocycles. The Morgan fingerprint density at radius 1 is 1.32 bits per heavy atom. The molecule has 1 atom stereocenters. The maximum absolute atomic E-state index is 11.9. The number of carbonyl (C=O) groups excluding carboxylic acids is 1. The lowest BCUT2D eigenvalue weighted by molar-refractivity contribution is 0.0594. The van der Waals surface area contributed by atoms with Crippen LogP contribution in [0.2, 0.25) is 0 Å². The third-order valence-corrected chi connectivity index (χ3v) is 6.69. The van der Waals surface area contributed by atoms with Crippen LogP contribution < -0.4 is 11.1 Å². The topological polar surface area (TPSA) is 136 Å². The minimum atomic E-state index is -0.479. The van der Waals surface area contributed by atoms with Crippen LogP contribution in [0.1, 0.15) is 40.5 Å². The second-order valence-corrected chi connectivity index (χ2v) is 9.24. The third-order valence-electron chi connectivity index (χ3n) is 6.69. The van der Waals surface area contributed by atoms with Crippen LogP contribution in [-0.2, 0) is 15.9 Å². The molecular weight excluding hydrogens is 484 g/mol. The SMILES string of the molecule is CCc1cc(O)ccc1N=C(N)c1cnn2cc(-c3cnc(C(=O)OC)cc3C)cc2c1N[C@H]1CCOC1. The van der Waals surface area contributed by atoms with Gasteiger partial charge in [-0.3, -0.25) is 0 Å². The number of carbonyl (C=O) groups is 1. The lowest BCUT2D eigenvalue weighted by Gasteiger charge is -2.17. The number of nitrogens with zero attached hydrogens (tertiary/aromatic N) is 4. The van der Waals surface area contributed by atoms with Gasteiger partial charge in [-0.05, 0) is 61.2 Å². The summed E-state index contributed by atoms with van der Waals surface area (Å²) in [6, 6.07) is 8.90. The van der Waals surface area contributed by atoms with Gasteiger partial charge in [0.15, 0.2) is 0 Å². The van der Waals surface area contributed by atoms with Crippen LogP contribution in [0.3, 0.4) is 0 Å². The molecule has 4 N–H and O–H groups in total. The van der Waals surface area contributed by atoms with Crippen molar-refractivity contribution >= 4 is 28.7 Å². The average Bonchev–Trinajstić information content (AvgIpc) is 3.59. The van der Waals surface area contributed by atoms with Crippen molar-refractivity contribution in [1.82, 2.24) is 14.6 Å². The summed E-state index contributed by atoms with van der Waals surface area (Å²) in [6.45, 7) is 5.21. The van der Waals surface area contributed by atoms with E-state index in [-0.39, 0.29) is 17.5 Å². The Morgan fingerprint density at radius 3 is 2.87 bits per heavy atom. The predicted molar refractivity (Wildman–Crippen MR) is 145 cm³/mol. The highest BCUT2D eigenvalue weighted by Gasteiger charge is 2.22. The molecule has 1 saturated heterocycles. The molecule has 1 aromatic carbocycles. The van der Waals surface area contributed by atoms with Crippen molar-refractivity contribution in [3.05, 3.63) is 71.3 Å². The fraction of sp³-hybridized carbons (Fsp3) is 0.286. The van der Waals surface area contributed by atoms with Crippen LogP contribution in [0.4, 0.5) is 11.4 Å². The van der Waals surface area contributed by atoms with E-state index in [0.717, 1.165) is 39.9 Å². The van der Waals surface area contributed by atoms with Crippen molar-refractivity contribution in [3.63, 3.8) is 0 Å². The zero-order valence-electron chi connectivity index (χ0n) is 21.6. The van der Waals surface area contributed by atoms with E-state index >= 15 is 0 Å². The second-order valence-electron chi connectivity index (χ2n) is 9.24. The number of pyridine rings is 1. The lowest BCUT2D eigenvalue weighted by atomic mass is 10.0. The number of phenols is 1. The van der Waals surface area contributed by atoms with E-state index in [9.17, 15) is 9.90 Å². The number of aromatic nitrogens is 3. The number of fused-ring (bicyclic) bond motifs is 1. The number of hydrogen-bond acceptors (Lipinski definition) is 8. The molecule has 0 spiro atoms. The molecule has 0 amide bonds. The van der Waals surface area contributed by atoms with Gasteiger partial charge in [-0.25, -0.2) is 19.3 Å². The number of benzene rings is 1. The van der Waals surface area contributed by atoms with Crippen LogP contribution in [0, 0.1) is 6.92 Å². The zero-order valence-corrected chi connectivity index (χ0v) is 21.6. The maximum atomic E-state index is 11.9. The Balaban J connectivity index is 1.61. The summed E-state index contributed by atoms with van der Waals surface area (Å²) in [5.74, 6) is 0.0221. The Labute approximate surface area is 220 Å². The van der Waals surface area contributed by atoms with Crippen LogP contribution in [0.5, 0.6) is 5.75 Å². The van der Waals surface area contributed by atoms with Crippen LogP contribution in [0.15, 0.2) is 53.9 Å². The van der Waals surface area contributed by atoms with Gasteiger partial charge in [-0.1, -0.05) is 6.92 Å². The first kappa shape index (κ1) is 25.2. The van der Waals surface area contributed by atoms with Gasteiger partial charge in [-0.15, -0.1) is 0 Å². The zero-order chi connectivity index (χ0) is 26.8. The van der Waals surface area contributed by atoms with Crippen molar-refractivity contribution in [1.29, 1.82) is 0 Å². The number of nitrogens with one attached hydrogen (secondary N) is 1. The normalized spacial score (nSPS) is 15.7. The number of esters is 1. The Bertz CT molecular complexity index is 1540. The molecule has 0 radical (unpaired) electrons. The minimum absolute atomic E-state index is 0.119. The van der Waals surface area contributed by atoms with Crippen molar-refractivity contribution in [2.75, 3.05) is 25.6 Å². The standard InChI is InChI=1S/C28H30N6O4/c1-4-17-10-20(35)5-6-23(17)33-27(29)22-13-31-34-14-18(11-25(34)26(22)32-19-7-8-38-15-19)21-12-30-24(9-16(21)2)28(36)37-3/h5-6,9-14,19,32,35H,4,7-8,15H2,1-3H3,(H2,29,33)/t19-/m0/s1. The van der Waals surface area contributed by atoms with Gasteiger partial charge in [-0.2, -0.15) is 5.10 Å². The highest BCUT2D eigenvalue weighted by atomic mass is 16.5. The molecule has 5 rings (SSSR count). The van der Waals surface area contributed by atoms with Crippen molar-refractivity contribution in [2.45, 2.75) is 32.7 Å². The van der Waals surface area contributed by atoms with E-state index in [0.29, 0.717) is 36.7 Å². The molecule has 1 aliphatic heterocycles. The summed E-state index contributed by atoms with van der Waals surface area (Å²) in [4.78, 5) is 20.9. The van der Waals surface area contributed by atoms with E-state index < -0.39 is 5.97 Å². The highest BCUT2D eigenvalue weighted by molar-refractivity contribution is 6.06. The largest absolute Gasteiger partial charge is 0.508 e. The number of aliphatic imine (C=N–C) groups is 1. The Morgan fingerprint density at radius 2 is 2.16 bits per heavy atom. The molecule has 1 aliphatic rings. The molecule has 0 unspecified atom stereocenters. The smallest absolute Gasteiger partial charge is 0.356 e. The average molecular weight is 515 g/mol. The van der Waals surface area contributed by atoms with Crippen LogP contribution >= 0.6 is 0 Å². The number of methoxy groups -OCH3 is 1. The van der Waals surface area contributed by atoms with Gasteiger partial charge in [0.05, 0.1) is 48.4 Å². The third kappa shape index (κ3) is 4.90. The quantitative estimate of drug-likeness (QED) is 0.191. The molecule has 10 heteroatoms. The molecule has 1 fully saturated rings. The molecular formula is C28H30N6O4. The molecule has 10 nitrogen and oxygen atoms in total. The molecule has 0 bridgehead atoms. The maximum Gasteiger partial charge on any atom is 0.356 e. The number of nitrogens with two attached hydrogens (primary N) is 1. The number of hydrogen-bond donors (Lipinski definition) is 3. The second kappa shape index (κ2) is 10.5. The fourth-order valence-electron chi connectivity index (χ4n) is 4.63. The molecule has 0 aliphatic carbocycles. The summed E-state index contributed by atoms with van der Waals surface area (Å²) in [5.41, 5.74) is 13.4. The number of amidine groups is 1. The number of aryl methyl sites for hydroxylation is 2. The van der Waals surface area contributed by atoms with E-state index in [1.807, 2.05) is 26.1 Å². The van der Waals surface area contributed by atoms with Crippen molar-refractivity contribution in [3.8, 4) is 16.9 Å². The first-order chi connectivity index (χ1) is 18.4. The van der Waals surface area contributed by atoms with E-state index in [2.05, 4.69) is 15.4 Å². The first-order valence-electron chi connectivity index (χ1n) is 12.4. The number of rotatable bonds is 7. The molecule has 0 saturated carbocycles. The van der Waals surface area contributed by atoms with Gasteiger partial charge in [0.25, 0.3) is 0 Å². The van der Waals surface area contributed by atoms with Crippen molar-refractivity contribution in [2.24, 2.45) is 10.7 Å². The Hall–Kier alpha value is -4.44. The minimum Gasteiger partial charge on any atom is -0.508 e. The summed E-state index contributed by atoms with van der Waals surface area (Å²) in [6.07, 6.45) is 6.86. The molecule has 3 aromatic heterocycles. The predicted octanol–water partition coefficient (Wildman–Crippen LogP) is 4.00. The first-order valence-corrected chi connectivity index (χ1v) is 12.4. The van der Waals surface area contributed by atoms with E-state index in [1.54, 1.807) is 41.2 Å². The number of ether oxygens (including phenoxy) is 2.